The zero-order chi connectivity index (χ0) is 16.1. The monoisotopic (exact) mass is 300 g/mol. The van der Waals surface area contributed by atoms with E-state index in [4.69, 9.17) is 4.74 Å². The maximum absolute atomic E-state index is 12.1. The first-order chi connectivity index (χ1) is 10.5. The highest BCUT2D eigenvalue weighted by molar-refractivity contribution is 6.03. The molecule has 0 atom stereocenters. The fourth-order valence-corrected chi connectivity index (χ4v) is 1.77. The van der Waals surface area contributed by atoms with Gasteiger partial charge >= 0.3 is 0 Å². The third-order valence-corrected chi connectivity index (χ3v) is 2.78. The van der Waals surface area contributed by atoms with Crippen LogP contribution in [0.5, 0.6) is 5.75 Å². The van der Waals surface area contributed by atoms with Crippen molar-refractivity contribution in [2.75, 3.05) is 17.7 Å². The number of hydrogen-bond acceptors (Lipinski definition) is 5. The minimum atomic E-state index is -0.373. The van der Waals surface area contributed by atoms with Crippen molar-refractivity contribution in [2.24, 2.45) is 0 Å². The van der Waals surface area contributed by atoms with Crippen LogP contribution in [0.1, 0.15) is 23.1 Å². The van der Waals surface area contributed by atoms with Crippen molar-refractivity contribution >= 4 is 23.2 Å². The minimum absolute atomic E-state index is 0.204. The molecule has 22 heavy (non-hydrogen) atoms. The number of carbonyl (C=O) groups excluding carboxylic acids is 2. The van der Waals surface area contributed by atoms with E-state index in [1.807, 2.05) is 0 Å². The van der Waals surface area contributed by atoms with Gasteiger partial charge in [0.25, 0.3) is 5.91 Å². The molecule has 7 heteroatoms. The molecule has 0 aliphatic heterocycles. The summed E-state index contributed by atoms with van der Waals surface area (Å²) in [6, 6.07) is 4.93. The number of rotatable bonds is 4. The molecule has 1 aromatic heterocycles. The number of nitrogens with zero attached hydrogens (tertiary/aromatic N) is 2. The Morgan fingerprint density at radius 1 is 1.14 bits per heavy atom. The average Bonchev–Trinajstić information content (AvgIpc) is 2.49. The van der Waals surface area contributed by atoms with Gasteiger partial charge in [0.05, 0.1) is 24.7 Å². The highest BCUT2D eigenvalue weighted by Gasteiger charge is 2.11. The number of amides is 2. The Bertz CT molecular complexity index is 698. The summed E-state index contributed by atoms with van der Waals surface area (Å²) < 4.78 is 5.20. The van der Waals surface area contributed by atoms with Gasteiger partial charge in [-0.25, -0.2) is 4.98 Å². The van der Waals surface area contributed by atoms with E-state index in [0.29, 0.717) is 17.1 Å². The molecule has 0 saturated heterocycles. The van der Waals surface area contributed by atoms with Crippen LogP contribution in [0.25, 0.3) is 0 Å². The summed E-state index contributed by atoms with van der Waals surface area (Å²) in [6.07, 6.45) is 2.93. The van der Waals surface area contributed by atoms with Crippen LogP contribution < -0.4 is 15.4 Å². The SMILES string of the molecule is COc1cc(NC(=O)c2cnc(C)cn2)ccc1NC(C)=O. The number of aromatic nitrogens is 2. The maximum atomic E-state index is 12.1. The quantitative estimate of drug-likeness (QED) is 0.901. The summed E-state index contributed by atoms with van der Waals surface area (Å²) in [5.74, 6) is -0.130. The number of benzene rings is 1. The molecule has 1 heterocycles. The minimum Gasteiger partial charge on any atom is -0.494 e. The van der Waals surface area contributed by atoms with Gasteiger partial charge in [0.15, 0.2) is 0 Å². The molecule has 0 saturated carbocycles. The van der Waals surface area contributed by atoms with Gasteiger partial charge in [0.2, 0.25) is 5.91 Å². The standard InChI is InChI=1S/C15H16N4O3/c1-9-7-17-13(8-16-9)15(21)19-11-4-5-12(18-10(2)20)14(6-11)22-3/h4-8H,1-3H3,(H,18,20)(H,19,21). The number of methoxy groups -OCH3 is 1. The van der Waals surface area contributed by atoms with E-state index in [-0.39, 0.29) is 17.5 Å². The number of carbonyl (C=O) groups is 2. The van der Waals surface area contributed by atoms with Crippen molar-refractivity contribution in [3.8, 4) is 5.75 Å². The van der Waals surface area contributed by atoms with Crippen molar-refractivity contribution in [3.63, 3.8) is 0 Å². The third-order valence-electron chi connectivity index (χ3n) is 2.78. The fourth-order valence-electron chi connectivity index (χ4n) is 1.77. The molecule has 7 nitrogen and oxygen atoms in total. The lowest BCUT2D eigenvalue weighted by atomic mass is 10.2. The molecule has 0 spiro atoms. The molecule has 0 radical (unpaired) electrons. The summed E-state index contributed by atoms with van der Waals surface area (Å²) in [5.41, 5.74) is 2.01. The molecule has 0 bridgehead atoms. The van der Waals surface area contributed by atoms with Crippen LogP contribution in [0.2, 0.25) is 0 Å². The van der Waals surface area contributed by atoms with E-state index in [0.717, 1.165) is 5.69 Å². The van der Waals surface area contributed by atoms with Crippen LogP contribution in [0.4, 0.5) is 11.4 Å². The van der Waals surface area contributed by atoms with Crippen LogP contribution in [0, 0.1) is 6.92 Å². The molecule has 2 amide bonds. The van der Waals surface area contributed by atoms with Crippen molar-refractivity contribution < 1.29 is 14.3 Å². The van der Waals surface area contributed by atoms with Crippen LogP contribution in [-0.4, -0.2) is 28.9 Å². The van der Waals surface area contributed by atoms with Crippen LogP contribution >= 0.6 is 0 Å². The van der Waals surface area contributed by atoms with Gasteiger partial charge in [-0.2, -0.15) is 0 Å². The molecule has 1 aromatic carbocycles. The Labute approximate surface area is 127 Å². The van der Waals surface area contributed by atoms with E-state index >= 15 is 0 Å². The van der Waals surface area contributed by atoms with Crippen molar-refractivity contribution in [3.05, 3.63) is 42.0 Å². The summed E-state index contributed by atoms with van der Waals surface area (Å²) in [7, 11) is 1.48. The van der Waals surface area contributed by atoms with Crippen molar-refractivity contribution in [2.45, 2.75) is 13.8 Å². The van der Waals surface area contributed by atoms with Crippen molar-refractivity contribution in [1.82, 2.24) is 9.97 Å². The first kappa shape index (κ1) is 15.4. The van der Waals surface area contributed by atoms with Crippen LogP contribution in [-0.2, 0) is 4.79 Å². The van der Waals surface area contributed by atoms with Gasteiger partial charge in [0.1, 0.15) is 11.4 Å². The normalized spacial score (nSPS) is 9.95. The summed E-state index contributed by atoms with van der Waals surface area (Å²) >= 11 is 0. The van der Waals surface area contributed by atoms with Gasteiger partial charge in [-0.15, -0.1) is 0 Å². The predicted molar refractivity (Wildman–Crippen MR) is 82.0 cm³/mol. The van der Waals surface area contributed by atoms with Gasteiger partial charge in [-0.3, -0.25) is 14.6 Å². The van der Waals surface area contributed by atoms with E-state index in [1.165, 1.54) is 26.4 Å². The molecule has 0 fully saturated rings. The largest absolute Gasteiger partial charge is 0.494 e. The van der Waals surface area contributed by atoms with E-state index in [1.54, 1.807) is 25.1 Å². The summed E-state index contributed by atoms with van der Waals surface area (Å²) in [5, 5.41) is 5.34. The number of hydrogen-bond donors (Lipinski definition) is 2. The molecule has 2 aromatic rings. The predicted octanol–water partition coefficient (Wildman–Crippen LogP) is 2.00. The van der Waals surface area contributed by atoms with E-state index in [2.05, 4.69) is 20.6 Å². The molecule has 0 aliphatic rings. The van der Waals surface area contributed by atoms with Gasteiger partial charge in [0, 0.05) is 24.9 Å². The number of aryl methyl sites for hydroxylation is 1. The summed E-state index contributed by atoms with van der Waals surface area (Å²) in [4.78, 5) is 31.2. The van der Waals surface area contributed by atoms with Gasteiger partial charge < -0.3 is 15.4 Å². The maximum Gasteiger partial charge on any atom is 0.275 e. The van der Waals surface area contributed by atoms with Crippen LogP contribution in [0.3, 0.4) is 0 Å². The highest BCUT2D eigenvalue weighted by Crippen LogP contribution is 2.28. The second-order valence-corrected chi connectivity index (χ2v) is 4.59. The Morgan fingerprint density at radius 2 is 1.91 bits per heavy atom. The molecule has 2 N–H and O–H groups in total. The highest BCUT2D eigenvalue weighted by atomic mass is 16.5. The zero-order valence-corrected chi connectivity index (χ0v) is 12.5. The number of nitrogens with one attached hydrogen (secondary N) is 2. The van der Waals surface area contributed by atoms with Gasteiger partial charge in [-0.05, 0) is 19.1 Å². The molecule has 2 rings (SSSR count). The number of ether oxygens (including phenoxy) is 1. The second-order valence-electron chi connectivity index (χ2n) is 4.59. The molecule has 114 valence electrons. The van der Waals surface area contributed by atoms with E-state index < -0.39 is 0 Å². The lowest BCUT2D eigenvalue weighted by Crippen LogP contribution is -2.14. The molecule has 0 aliphatic carbocycles. The Kier molecular flexibility index (Phi) is 4.67. The summed E-state index contributed by atoms with van der Waals surface area (Å²) in [6.45, 7) is 3.20. The first-order valence-corrected chi connectivity index (χ1v) is 6.55. The number of anilines is 2. The molecular weight excluding hydrogens is 284 g/mol. The topological polar surface area (TPSA) is 93.2 Å². The zero-order valence-electron chi connectivity index (χ0n) is 12.5. The van der Waals surface area contributed by atoms with Crippen LogP contribution in [0.15, 0.2) is 30.6 Å². The van der Waals surface area contributed by atoms with Crippen molar-refractivity contribution in [1.29, 1.82) is 0 Å². The Balaban J connectivity index is 2.17. The molecule has 0 unspecified atom stereocenters. The third kappa shape index (κ3) is 3.78. The second kappa shape index (κ2) is 6.66. The lowest BCUT2D eigenvalue weighted by Gasteiger charge is -2.11. The lowest BCUT2D eigenvalue weighted by molar-refractivity contribution is -0.114. The van der Waals surface area contributed by atoms with E-state index in [9.17, 15) is 9.59 Å². The van der Waals surface area contributed by atoms with Gasteiger partial charge in [-0.1, -0.05) is 0 Å². The fraction of sp³-hybridized carbons (Fsp3) is 0.200. The molecular formula is C15H16N4O3. The average molecular weight is 300 g/mol. The smallest absolute Gasteiger partial charge is 0.275 e. The first-order valence-electron chi connectivity index (χ1n) is 6.55. The Morgan fingerprint density at radius 3 is 2.50 bits per heavy atom. The Hall–Kier alpha value is -2.96.